The van der Waals surface area contributed by atoms with E-state index in [1.807, 2.05) is 36.4 Å². The monoisotopic (exact) mass is 736 g/mol. The number of ether oxygens (including phenoxy) is 2. The molecular formula is C39H39ClN7O6+. The van der Waals surface area contributed by atoms with Crippen molar-refractivity contribution in [3.8, 4) is 23.0 Å². The fourth-order valence-electron chi connectivity index (χ4n) is 7.23. The number of carbonyl (C=O) groups is 1. The highest BCUT2D eigenvalue weighted by atomic mass is 35.5. The molecule has 0 aliphatic carbocycles. The number of benzene rings is 4. The molecule has 1 atom stereocenters. The van der Waals surface area contributed by atoms with Gasteiger partial charge >= 0.3 is 0 Å². The fraction of sp³-hybridized carbons (Fsp3) is 0.282. The van der Waals surface area contributed by atoms with Crippen molar-refractivity contribution < 1.29 is 29.4 Å². The first-order valence-corrected chi connectivity index (χ1v) is 17.6. The molecule has 0 saturated carbocycles. The van der Waals surface area contributed by atoms with Gasteiger partial charge in [-0.25, -0.2) is 0 Å². The maximum atomic E-state index is 13.5. The molecule has 0 radical (unpaired) electrons. The molecule has 7 rings (SSSR count). The lowest BCUT2D eigenvalue weighted by Crippen LogP contribution is -2.46. The van der Waals surface area contributed by atoms with Crippen molar-refractivity contribution in [3.63, 3.8) is 0 Å². The number of hydrazine groups is 1. The number of hydrogen-bond acceptors (Lipinski definition) is 9. The van der Waals surface area contributed by atoms with E-state index >= 15 is 0 Å². The maximum absolute atomic E-state index is 13.5. The van der Waals surface area contributed by atoms with Crippen LogP contribution in [-0.4, -0.2) is 82.7 Å². The topological polar surface area (TPSA) is 175 Å². The summed E-state index contributed by atoms with van der Waals surface area (Å²) in [6.45, 7) is 3.08. The van der Waals surface area contributed by atoms with Crippen molar-refractivity contribution in [1.29, 1.82) is 10.8 Å². The van der Waals surface area contributed by atoms with Crippen molar-refractivity contribution in [1.82, 2.24) is 10.3 Å². The van der Waals surface area contributed by atoms with Crippen molar-refractivity contribution in [3.05, 3.63) is 117 Å². The van der Waals surface area contributed by atoms with Crippen LogP contribution in [0.1, 0.15) is 52.4 Å². The van der Waals surface area contributed by atoms with E-state index in [0.717, 1.165) is 22.4 Å². The van der Waals surface area contributed by atoms with Crippen molar-refractivity contribution >= 4 is 40.6 Å². The largest absolute Gasteiger partial charge is 0.504 e. The summed E-state index contributed by atoms with van der Waals surface area (Å²) in [5.74, 6) is 0.635. The SMILES string of the molecule is COc1ccc2c(c1)C(c1ccc(Cl)cc1)=NC(C[N+](=O)NCc1ccc3c(c1)C1(CCN(C(=O)c4ccc(O)c(O)c4)CC1)CO3)C(=N)N2C(C)=N. The number of anilines is 1. The molecule has 1 saturated heterocycles. The molecule has 53 heavy (non-hydrogen) atoms. The molecule has 1 unspecified atom stereocenters. The first-order chi connectivity index (χ1) is 25.5. The van der Waals surface area contributed by atoms with Gasteiger partial charge in [-0.15, -0.1) is 5.43 Å². The van der Waals surface area contributed by atoms with Crippen LogP contribution in [0.2, 0.25) is 5.02 Å². The average molecular weight is 737 g/mol. The Morgan fingerprint density at radius 3 is 2.51 bits per heavy atom. The van der Waals surface area contributed by atoms with Gasteiger partial charge in [0, 0.05) is 45.8 Å². The van der Waals surface area contributed by atoms with Gasteiger partial charge in [-0.3, -0.25) is 25.5 Å². The third-order valence-electron chi connectivity index (χ3n) is 10.1. The van der Waals surface area contributed by atoms with Crippen LogP contribution in [0.25, 0.3) is 0 Å². The van der Waals surface area contributed by atoms with E-state index in [1.165, 1.54) is 23.1 Å². The average Bonchev–Trinajstić information content (AvgIpc) is 3.44. The molecule has 4 aromatic rings. The minimum atomic E-state index is -0.931. The lowest BCUT2D eigenvalue weighted by molar-refractivity contribution is -0.609. The highest BCUT2D eigenvalue weighted by Crippen LogP contribution is 2.46. The summed E-state index contributed by atoms with van der Waals surface area (Å²) in [4.78, 5) is 35.5. The minimum Gasteiger partial charge on any atom is -0.504 e. The Morgan fingerprint density at radius 1 is 1.06 bits per heavy atom. The number of piperidine rings is 1. The summed E-state index contributed by atoms with van der Waals surface area (Å²) in [6.07, 6.45) is 1.35. The molecular weight excluding hydrogens is 698 g/mol. The van der Waals surface area contributed by atoms with Gasteiger partial charge in [-0.1, -0.05) is 29.8 Å². The molecule has 3 aliphatic rings. The summed E-state index contributed by atoms with van der Waals surface area (Å²) >= 11 is 6.20. The molecule has 4 aromatic carbocycles. The zero-order chi connectivity index (χ0) is 37.4. The van der Waals surface area contributed by atoms with E-state index < -0.39 is 6.04 Å². The molecule has 14 heteroatoms. The number of hydrogen-bond donors (Lipinski definition) is 5. The second kappa shape index (κ2) is 14.2. The third kappa shape index (κ3) is 6.87. The smallest absolute Gasteiger partial charge is 0.254 e. The first kappa shape index (κ1) is 35.5. The van der Waals surface area contributed by atoms with Crippen LogP contribution in [0.5, 0.6) is 23.0 Å². The standard InChI is InChI=1S/C39H38ClN7O6/c1-23(41)47-32-10-9-28(52-2)19-29(32)36(25-4-7-27(40)8-5-25)44-31(37(47)42)21-46(51)43-20-24-3-12-35-30(17-24)39(22-53-35)13-15-45(16-14-39)38(50)26-6-11-33(48)34(49)18-26/h3-12,17-19,31,41-42H,13-16,20-22H2,1-2H3,(H2-,43,48,49,50,51)/p+1. The van der Waals surface area contributed by atoms with Crippen molar-refractivity contribution in [2.75, 3.05) is 38.3 Å². The summed E-state index contributed by atoms with van der Waals surface area (Å²) in [7, 11) is 1.57. The number of halogens is 1. The number of nitrogens with zero attached hydrogens (tertiary/aromatic N) is 4. The van der Waals surface area contributed by atoms with E-state index in [2.05, 4.69) is 5.43 Å². The van der Waals surface area contributed by atoms with Crippen LogP contribution in [0.4, 0.5) is 5.69 Å². The minimum absolute atomic E-state index is 0.0146. The lowest BCUT2D eigenvalue weighted by Gasteiger charge is -2.38. The number of phenols is 2. The first-order valence-electron chi connectivity index (χ1n) is 17.2. The number of benzodiazepines with no additional fused rings is 1. The van der Waals surface area contributed by atoms with Crippen LogP contribution in [-0.2, 0) is 12.0 Å². The number of aliphatic imine (C=N–C) groups is 1. The summed E-state index contributed by atoms with van der Waals surface area (Å²) in [5.41, 5.74) is 7.37. The van der Waals surface area contributed by atoms with E-state index in [0.29, 0.717) is 70.7 Å². The number of nitroso groups, excluding NO2 is 1. The van der Waals surface area contributed by atoms with Gasteiger partial charge < -0.3 is 24.6 Å². The molecule has 1 spiro atoms. The Morgan fingerprint density at radius 2 is 1.81 bits per heavy atom. The molecule has 5 N–H and O–H groups in total. The van der Waals surface area contributed by atoms with Crippen LogP contribution in [0, 0.1) is 15.7 Å². The second-order valence-corrected chi connectivity index (χ2v) is 13.9. The quantitative estimate of drug-likeness (QED) is 0.0495. The Balaban J connectivity index is 1.07. The van der Waals surface area contributed by atoms with Gasteiger partial charge in [-0.2, -0.15) is 0 Å². The Hall–Kier alpha value is -5.95. The van der Waals surface area contributed by atoms with Crippen LogP contribution < -0.4 is 19.8 Å². The van der Waals surface area contributed by atoms with Gasteiger partial charge in [0.2, 0.25) is 0 Å². The van der Waals surface area contributed by atoms with Crippen molar-refractivity contribution in [2.24, 2.45) is 4.99 Å². The highest BCUT2D eigenvalue weighted by Gasteiger charge is 2.44. The number of carbonyl (C=O) groups excluding carboxylic acids is 1. The van der Waals surface area contributed by atoms with E-state index in [-0.39, 0.29) is 47.6 Å². The van der Waals surface area contributed by atoms with Crippen LogP contribution in [0.15, 0.2) is 83.9 Å². The number of fused-ring (bicyclic) bond motifs is 3. The number of phenolic OH excluding ortho intramolecular Hbond substituents is 2. The summed E-state index contributed by atoms with van der Waals surface area (Å²) in [5, 5.41) is 37.8. The van der Waals surface area contributed by atoms with Crippen molar-refractivity contribution in [2.45, 2.75) is 37.8 Å². The fourth-order valence-corrected chi connectivity index (χ4v) is 7.36. The Bertz CT molecular complexity index is 2160. The van der Waals surface area contributed by atoms with E-state index in [1.54, 1.807) is 43.2 Å². The summed E-state index contributed by atoms with van der Waals surface area (Å²) in [6, 6.07) is 21.6. The number of rotatable bonds is 8. The highest BCUT2D eigenvalue weighted by molar-refractivity contribution is 6.31. The molecule has 13 nitrogen and oxygen atoms in total. The number of likely N-dealkylation sites (tertiary alicyclic amines) is 1. The lowest BCUT2D eigenvalue weighted by atomic mass is 9.74. The number of aromatic hydroxyl groups is 2. The number of amides is 1. The van der Waals surface area contributed by atoms with Gasteiger partial charge in [0.15, 0.2) is 17.5 Å². The maximum Gasteiger partial charge on any atom is 0.254 e. The van der Waals surface area contributed by atoms with Gasteiger partial charge in [0.25, 0.3) is 12.5 Å². The predicted octanol–water partition coefficient (Wildman–Crippen LogP) is 5.81. The second-order valence-electron chi connectivity index (χ2n) is 13.5. The van der Waals surface area contributed by atoms with Crippen LogP contribution in [0.3, 0.4) is 0 Å². The van der Waals surface area contributed by atoms with Gasteiger partial charge in [0.05, 0.1) is 36.6 Å². The zero-order valence-corrected chi connectivity index (χ0v) is 30.0. The number of nitrogens with one attached hydrogen (secondary N) is 3. The third-order valence-corrected chi connectivity index (χ3v) is 10.4. The van der Waals surface area contributed by atoms with Gasteiger partial charge in [-0.05, 0) is 86.0 Å². The Kier molecular flexibility index (Phi) is 9.52. The zero-order valence-electron chi connectivity index (χ0n) is 29.2. The molecule has 3 heterocycles. The Labute approximate surface area is 311 Å². The molecule has 0 bridgehead atoms. The molecule has 272 valence electrons. The molecule has 0 aromatic heterocycles. The molecule has 1 amide bonds. The van der Waals surface area contributed by atoms with E-state index in [9.17, 15) is 19.9 Å². The number of amidine groups is 2. The number of methoxy groups -OCH3 is 1. The molecule has 3 aliphatic heterocycles. The normalized spacial score (nSPS) is 17.3. The summed E-state index contributed by atoms with van der Waals surface area (Å²) < 4.78 is 11.6. The van der Waals surface area contributed by atoms with E-state index in [4.69, 9.17) is 36.9 Å². The molecule has 1 fully saturated rings. The predicted molar refractivity (Wildman–Crippen MR) is 201 cm³/mol. The van der Waals surface area contributed by atoms with Gasteiger partial charge in [0.1, 0.15) is 28.0 Å². The van der Waals surface area contributed by atoms with Crippen LogP contribution >= 0.6 is 11.6 Å².